The van der Waals surface area contributed by atoms with Crippen molar-refractivity contribution in [3.05, 3.63) is 208 Å². The number of aliphatic hydroxyl groups excluding tert-OH is 1. The summed E-state index contributed by atoms with van der Waals surface area (Å²) >= 11 is 3.43. The van der Waals surface area contributed by atoms with E-state index < -0.39 is 33.0 Å². The van der Waals surface area contributed by atoms with Gasteiger partial charge in [0.2, 0.25) is 0 Å². The van der Waals surface area contributed by atoms with Crippen molar-refractivity contribution < 1.29 is 66.8 Å². The van der Waals surface area contributed by atoms with E-state index >= 15 is 0 Å². The number of nitrogens with zero attached hydrogens (tertiary/aromatic N) is 7. The van der Waals surface area contributed by atoms with Crippen molar-refractivity contribution in [1.82, 2.24) is 45.3 Å². The molecule has 24 nitrogen and oxygen atoms in total. The lowest BCUT2D eigenvalue weighted by atomic mass is 10.0. The highest BCUT2D eigenvalue weighted by Crippen LogP contribution is 2.48. The number of rotatable bonds is 21. The summed E-state index contributed by atoms with van der Waals surface area (Å²) in [5, 5.41) is 34.0. The minimum atomic E-state index is -1.34. The Morgan fingerprint density at radius 3 is 1.11 bits per heavy atom. The van der Waals surface area contributed by atoms with Crippen LogP contribution in [0.1, 0.15) is 104 Å². The van der Waals surface area contributed by atoms with Crippen molar-refractivity contribution in [2.24, 2.45) is 0 Å². The number of hydrogen-bond donors (Lipinski definition) is 6. The number of aliphatic hydroxyl groups is 1. The molecule has 3 heterocycles. The van der Waals surface area contributed by atoms with Gasteiger partial charge in [-0.25, -0.2) is 35.5 Å². The van der Waals surface area contributed by atoms with E-state index in [2.05, 4.69) is 46.4 Å². The van der Waals surface area contributed by atoms with Gasteiger partial charge in [0.25, 0.3) is 17.7 Å². The molecule has 3 unspecified atom stereocenters. The van der Waals surface area contributed by atoms with Crippen molar-refractivity contribution in [2.45, 2.75) is 56.3 Å². The fraction of sp³-hybridized carbons (Fsp3) is 0.239. The Hall–Kier alpha value is -9.79. The van der Waals surface area contributed by atoms with Crippen LogP contribution in [0.15, 0.2) is 162 Å². The number of anilines is 3. The van der Waals surface area contributed by atoms with Gasteiger partial charge in [-0.3, -0.25) is 18.7 Å². The van der Waals surface area contributed by atoms with E-state index in [0.29, 0.717) is 91.1 Å². The summed E-state index contributed by atoms with van der Waals surface area (Å²) in [7, 11) is 1.04. The third kappa shape index (κ3) is 17.2. The molecule has 530 valence electrons. The average molecular weight is 1500 g/mol. The zero-order valence-corrected chi connectivity index (χ0v) is 59.6. The van der Waals surface area contributed by atoms with Crippen LogP contribution in [0, 0.1) is 11.6 Å². The van der Waals surface area contributed by atoms with Gasteiger partial charge < -0.3 is 56.4 Å². The molecule has 3 amide bonds. The summed E-state index contributed by atoms with van der Waals surface area (Å²) in [6.07, 6.45) is 11.1. The SMILES string of the molecule is CNC(=O)c1c2cc(C3CC3)c(N(CCO)S(C)=O)cc2nn1-c1ccc(Oc2ccc(F)cc2)cc1.CNC(=O)c1c2cc(C3CC3)c(NS(C)=O)cc2nn1-c1ccc(Br)cc1.CNC(=O)c1c2cc(C3CC3)c(NS(C)=O)cc2nn1-c1ccc(Oc2ccc(F)cc2)cc1.O.O.O. The van der Waals surface area contributed by atoms with E-state index in [1.165, 1.54) is 24.3 Å². The number of fused-ring (bicyclic) bond motifs is 3. The van der Waals surface area contributed by atoms with Gasteiger partial charge in [0.15, 0.2) is 0 Å². The minimum absolute atomic E-state index is 0. The van der Waals surface area contributed by atoms with Gasteiger partial charge in [-0.1, -0.05) is 15.9 Å². The number of carbonyl (C=O) groups excluding carboxylic acids is 3. The summed E-state index contributed by atoms with van der Waals surface area (Å²) in [6.45, 7) is 0.0961. The van der Waals surface area contributed by atoms with E-state index in [1.807, 2.05) is 60.7 Å². The largest absolute Gasteiger partial charge is 0.457 e. The Kier molecular flexibility index (Phi) is 24.4. The average Bonchev–Trinajstić information content (AvgIpc) is 1.58. The van der Waals surface area contributed by atoms with Crippen LogP contribution in [0.5, 0.6) is 23.0 Å². The molecule has 14 rings (SSSR count). The molecule has 3 fully saturated rings. The monoisotopic (exact) mass is 1500 g/mol. The maximum Gasteiger partial charge on any atom is 0.270 e. The Morgan fingerprint density at radius 2 is 0.802 bits per heavy atom. The normalized spacial score (nSPS) is 13.8. The molecule has 3 aliphatic rings. The predicted molar refractivity (Wildman–Crippen MR) is 395 cm³/mol. The molecule has 0 saturated heterocycles. The Balaban J connectivity index is 0.000000176. The lowest BCUT2D eigenvalue weighted by Crippen LogP contribution is -2.29. The molecule has 30 heteroatoms. The summed E-state index contributed by atoms with van der Waals surface area (Å²) in [6, 6.07) is 45.0. The Labute approximate surface area is 595 Å². The van der Waals surface area contributed by atoms with Gasteiger partial charge in [0.05, 0.1) is 63.8 Å². The second-order valence-corrected chi connectivity index (χ2v) is 28.0. The maximum atomic E-state index is 13.2. The second-order valence-electron chi connectivity index (χ2n) is 23.6. The number of hydrogen-bond acceptors (Lipinski definition) is 12. The number of halogens is 3. The fourth-order valence-corrected chi connectivity index (χ4v) is 13.6. The number of carbonyl (C=O) groups is 3. The highest BCUT2D eigenvalue weighted by molar-refractivity contribution is 9.10. The van der Waals surface area contributed by atoms with Crippen LogP contribution in [0.4, 0.5) is 25.8 Å². The summed E-state index contributed by atoms with van der Waals surface area (Å²) in [5.41, 5.74) is 10.9. The Bertz CT molecular complexity index is 4900. The lowest BCUT2D eigenvalue weighted by molar-refractivity contribution is 0.0949. The van der Waals surface area contributed by atoms with E-state index in [0.717, 1.165) is 93.2 Å². The van der Waals surface area contributed by atoms with E-state index in [1.54, 1.807) is 131 Å². The molecule has 11 aromatic rings. The second kappa shape index (κ2) is 32.7. The minimum Gasteiger partial charge on any atom is -0.457 e. The summed E-state index contributed by atoms with van der Waals surface area (Å²) < 4.78 is 87.5. The molecule has 3 saturated carbocycles. The number of benzene rings is 8. The van der Waals surface area contributed by atoms with Crippen LogP contribution in [0.25, 0.3) is 49.8 Å². The molecule has 0 spiro atoms. The molecule has 0 aliphatic heterocycles. The van der Waals surface area contributed by atoms with Gasteiger partial charge in [0.1, 0.15) is 84.7 Å². The first-order valence-corrected chi connectivity index (χ1v) is 36.8. The molecule has 0 bridgehead atoms. The number of aromatic nitrogens is 6. The molecule has 0 radical (unpaired) electrons. The summed E-state index contributed by atoms with van der Waals surface area (Å²) in [5.74, 6) is 1.89. The number of nitrogens with one attached hydrogen (secondary N) is 5. The van der Waals surface area contributed by atoms with Crippen LogP contribution >= 0.6 is 15.9 Å². The highest BCUT2D eigenvalue weighted by Gasteiger charge is 2.34. The molecule has 101 heavy (non-hydrogen) atoms. The van der Waals surface area contributed by atoms with Crippen molar-refractivity contribution in [3.8, 4) is 40.1 Å². The lowest BCUT2D eigenvalue weighted by Gasteiger charge is -2.23. The van der Waals surface area contributed by atoms with Gasteiger partial charge in [-0.15, -0.1) is 0 Å². The standard InChI is InChI=1S/C27H27FN4O4S.C25H23FN4O3S.C19H19BrN4O2S.3H2O/c1-29-27(34)26-23-15-22(17-3-4-17)25(31(13-14-33)37(2)35)16-24(23)30-32(26)19-7-11-21(12-8-19)36-20-9-5-18(28)6-10-20;1-27-25(31)24-21-13-20(15-3-4-15)23(29-34(2)32)14-22(21)28-30(24)17-7-11-19(12-8-17)33-18-9-5-16(26)6-10-18;1-21-19(25)18-15-9-14(11-3-4-11)17(23-27(2)26)10-16(15)22-24(18)13-7-5-12(20)6-8-13;;;/h5-12,15-17,33H,3-4,13-14H2,1-2H3,(H,29,34);5-15,29H,3-4H2,1-2H3,(H,27,31);5-11,23H,3-4H2,1-2H3,(H,21,25);3*1H2. The highest BCUT2D eigenvalue weighted by atomic mass is 79.9. The molecule has 8 aromatic carbocycles. The first-order valence-electron chi connectivity index (χ1n) is 31.4. The third-order valence-electron chi connectivity index (χ3n) is 16.6. The maximum absolute atomic E-state index is 13.2. The zero-order chi connectivity index (χ0) is 69.1. The van der Waals surface area contributed by atoms with E-state index in [4.69, 9.17) is 19.7 Å². The smallest absolute Gasteiger partial charge is 0.270 e. The molecular weight excluding hydrogens is 1430 g/mol. The van der Waals surface area contributed by atoms with Crippen molar-refractivity contribution in [1.29, 1.82) is 0 Å². The number of ether oxygens (including phenoxy) is 2. The zero-order valence-electron chi connectivity index (χ0n) is 55.6. The van der Waals surface area contributed by atoms with Crippen LogP contribution < -0.4 is 39.2 Å². The molecule has 3 atom stereocenters. The molecule has 12 N–H and O–H groups in total. The molecular formula is C71H75BrF2N12O12S3. The topological polar surface area (TPSA) is 352 Å². The van der Waals surface area contributed by atoms with Gasteiger partial charge in [-0.05, 0) is 231 Å². The summed E-state index contributed by atoms with van der Waals surface area (Å²) in [4.78, 5) is 38.6. The van der Waals surface area contributed by atoms with Crippen molar-refractivity contribution in [2.75, 3.05) is 66.8 Å². The van der Waals surface area contributed by atoms with Crippen molar-refractivity contribution >= 4 is 116 Å². The quantitative estimate of drug-likeness (QED) is 0.0391. The molecule has 3 aromatic heterocycles. The third-order valence-corrected chi connectivity index (χ3v) is 19.1. The van der Waals surface area contributed by atoms with Crippen LogP contribution in [0.3, 0.4) is 0 Å². The first-order chi connectivity index (χ1) is 47.3. The van der Waals surface area contributed by atoms with E-state index in [9.17, 15) is 40.9 Å². The van der Waals surface area contributed by atoms with Gasteiger partial charge in [-0.2, -0.15) is 15.3 Å². The van der Waals surface area contributed by atoms with Crippen LogP contribution in [-0.2, 0) is 33.0 Å². The van der Waals surface area contributed by atoms with Gasteiger partial charge >= 0.3 is 0 Å². The fourth-order valence-electron chi connectivity index (χ4n) is 11.5. The van der Waals surface area contributed by atoms with Crippen molar-refractivity contribution in [3.63, 3.8) is 0 Å². The van der Waals surface area contributed by atoms with Crippen LogP contribution in [0.2, 0.25) is 0 Å². The first kappa shape index (κ1) is 75.4. The Morgan fingerprint density at radius 1 is 0.495 bits per heavy atom. The van der Waals surface area contributed by atoms with Crippen LogP contribution in [-0.4, -0.2) is 134 Å². The molecule has 3 aliphatic carbocycles. The van der Waals surface area contributed by atoms with Gasteiger partial charge in [0, 0.05) is 60.5 Å². The number of amides is 3. The van der Waals surface area contributed by atoms with E-state index in [-0.39, 0.29) is 58.9 Å². The predicted octanol–water partition coefficient (Wildman–Crippen LogP) is 10.4.